The first-order valence-corrected chi connectivity index (χ1v) is 7.59. The number of rotatable bonds is 3. The number of carbonyl (C=O) groups excluding carboxylic acids is 1. The number of amides is 1. The van der Waals surface area contributed by atoms with Crippen LogP contribution in [0.2, 0.25) is 0 Å². The van der Waals surface area contributed by atoms with E-state index in [1.807, 2.05) is 11.9 Å². The molecule has 0 aliphatic heterocycles. The molecule has 2 aliphatic rings. The van der Waals surface area contributed by atoms with Gasteiger partial charge in [0.2, 0.25) is 5.91 Å². The Kier molecular flexibility index (Phi) is 6.61. The summed E-state index contributed by atoms with van der Waals surface area (Å²) in [5, 5.41) is 0. The third kappa shape index (κ3) is 4.35. The Morgan fingerprint density at radius 3 is 2.47 bits per heavy atom. The summed E-state index contributed by atoms with van der Waals surface area (Å²) in [6.45, 7) is 2.30. The maximum absolute atomic E-state index is 12.3. The van der Waals surface area contributed by atoms with Gasteiger partial charge in [0.25, 0.3) is 0 Å². The zero-order valence-corrected chi connectivity index (χ0v) is 13.1. The van der Waals surface area contributed by atoms with Crippen LogP contribution in [-0.4, -0.2) is 29.9 Å². The van der Waals surface area contributed by atoms with Gasteiger partial charge in [0.1, 0.15) is 0 Å². The zero-order chi connectivity index (χ0) is 13.1. The highest BCUT2D eigenvalue weighted by molar-refractivity contribution is 5.85. The highest BCUT2D eigenvalue weighted by Gasteiger charge is 2.30. The molecule has 4 atom stereocenters. The molecule has 3 nitrogen and oxygen atoms in total. The normalized spacial score (nSPS) is 34.7. The number of hydrogen-bond donors (Lipinski definition) is 1. The molecule has 2 unspecified atom stereocenters. The number of nitrogens with zero attached hydrogens (tertiary/aromatic N) is 1. The summed E-state index contributed by atoms with van der Waals surface area (Å²) in [6.07, 6.45) is 9.07. The predicted octanol–water partition coefficient (Wildman–Crippen LogP) is 2.96. The van der Waals surface area contributed by atoms with Crippen LogP contribution in [0.5, 0.6) is 0 Å². The van der Waals surface area contributed by atoms with E-state index in [4.69, 9.17) is 5.73 Å². The van der Waals surface area contributed by atoms with Crippen LogP contribution in [0.4, 0.5) is 0 Å². The van der Waals surface area contributed by atoms with Crippen LogP contribution in [0.3, 0.4) is 0 Å². The van der Waals surface area contributed by atoms with Crippen molar-refractivity contribution < 1.29 is 4.79 Å². The van der Waals surface area contributed by atoms with Gasteiger partial charge in [0.15, 0.2) is 0 Å². The van der Waals surface area contributed by atoms with Gasteiger partial charge in [-0.3, -0.25) is 4.79 Å². The molecule has 19 heavy (non-hydrogen) atoms. The summed E-state index contributed by atoms with van der Waals surface area (Å²) in [5.41, 5.74) is 6.06. The first-order chi connectivity index (χ1) is 8.58. The Balaban J connectivity index is 0.00000180. The quantitative estimate of drug-likeness (QED) is 0.868. The second-order valence-corrected chi connectivity index (χ2v) is 6.49. The minimum Gasteiger partial charge on any atom is -0.343 e. The highest BCUT2D eigenvalue weighted by Crippen LogP contribution is 2.30. The lowest BCUT2D eigenvalue weighted by atomic mass is 9.86. The van der Waals surface area contributed by atoms with Gasteiger partial charge in [-0.2, -0.15) is 0 Å². The van der Waals surface area contributed by atoms with E-state index in [1.54, 1.807) is 0 Å². The molecular formula is C15H29ClN2O. The molecule has 2 aliphatic carbocycles. The Hall–Kier alpha value is -0.280. The molecule has 0 radical (unpaired) electrons. The Morgan fingerprint density at radius 2 is 1.89 bits per heavy atom. The fourth-order valence-electron chi connectivity index (χ4n) is 3.64. The molecule has 2 fully saturated rings. The van der Waals surface area contributed by atoms with Crippen LogP contribution in [0.1, 0.15) is 58.3 Å². The van der Waals surface area contributed by atoms with Crippen LogP contribution in [0.25, 0.3) is 0 Å². The van der Waals surface area contributed by atoms with Crippen molar-refractivity contribution in [2.45, 2.75) is 70.4 Å². The van der Waals surface area contributed by atoms with E-state index in [-0.39, 0.29) is 18.4 Å². The first kappa shape index (κ1) is 16.8. The molecule has 2 rings (SSSR count). The summed E-state index contributed by atoms with van der Waals surface area (Å²) in [5.74, 6) is 1.52. The largest absolute Gasteiger partial charge is 0.343 e. The molecule has 0 spiro atoms. The van der Waals surface area contributed by atoms with Crippen LogP contribution in [0.15, 0.2) is 0 Å². The molecule has 4 heteroatoms. The standard InChI is InChI=1S/C15H28N2O.ClH/c1-11-5-3-7-13(9-11)17(2)15(18)10-12-6-4-8-14(12)16;/h11-14H,3-10,16H2,1-2H3;1H/t11?,12-,13?,14+;/m0./s1. The van der Waals surface area contributed by atoms with Crippen molar-refractivity contribution in [3.05, 3.63) is 0 Å². The SMILES string of the molecule is CC1CCCC(N(C)C(=O)C[C@@H]2CCC[C@H]2N)C1.Cl. The molecule has 2 N–H and O–H groups in total. The topological polar surface area (TPSA) is 46.3 Å². The first-order valence-electron chi connectivity index (χ1n) is 7.59. The Bertz CT molecular complexity index is 298. The predicted molar refractivity (Wildman–Crippen MR) is 81.4 cm³/mol. The van der Waals surface area contributed by atoms with Gasteiger partial charge < -0.3 is 10.6 Å². The lowest BCUT2D eigenvalue weighted by molar-refractivity contribution is -0.133. The summed E-state index contributed by atoms with van der Waals surface area (Å²) in [7, 11) is 1.99. The maximum atomic E-state index is 12.3. The Labute approximate surface area is 123 Å². The smallest absolute Gasteiger partial charge is 0.222 e. The monoisotopic (exact) mass is 288 g/mol. The summed E-state index contributed by atoms with van der Waals surface area (Å²) in [4.78, 5) is 14.3. The zero-order valence-electron chi connectivity index (χ0n) is 12.3. The molecule has 0 saturated heterocycles. The fourth-order valence-corrected chi connectivity index (χ4v) is 3.64. The van der Waals surface area contributed by atoms with Crippen molar-refractivity contribution >= 4 is 18.3 Å². The van der Waals surface area contributed by atoms with Crippen molar-refractivity contribution in [3.8, 4) is 0 Å². The van der Waals surface area contributed by atoms with Crippen LogP contribution in [-0.2, 0) is 4.79 Å². The molecule has 0 aromatic heterocycles. The molecular weight excluding hydrogens is 260 g/mol. The lowest BCUT2D eigenvalue weighted by Gasteiger charge is -2.35. The summed E-state index contributed by atoms with van der Waals surface area (Å²) in [6, 6.07) is 0.728. The minimum absolute atomic E-state index is 0. The molecule has 0 aromatic rings. The number of nitrogens with two attached hydrogens (primary N) is 1. The van der Waals surface area contributed by atoms with Gasteiger partial charge in [-0.1, -0.05) is 26.2 Å². The van der Waals surface area contributed by atoms with E-state index >= 15 is 0 Å². The van der Waals surface area contributed by atoms with Gasteiger partial charge >= 0.3 is 0 Å². The van der Waals surface area contributed by atoms with Crippen LogP contribution >= 0.6 is 12.4 Å². The van der Waals surface area contributed by atoms with Crippen molar-refractivity contribution in [2.75, 3.05) is 7.05 Å². The second kappa shape index (κ2) is 7.49. The third-order valence-electron chi connectivity index (χ3n) is 5.00. The number of halogens is 1. The molecule has 2 saturated carbocycles. The lowest BCUT2D eigenvalue weighted by Crippen LogP contribution is -2.41. The van der Waals surface area contributed by atoms with Gasteiger partial charge in [0.05, 0.1) is 0 Å². The molecule has 0 aromatic carbocycles. The minimum atomic E-state index is 0. The molecule has 1 amide bonds. The molecule has 112 valence electrons. The van der Waals surface area contributed by atoms with Crippen LogP contribution < -0.4 is 5.73 Å². The molecule has 0 heterocycles. The highest BCUT2D eigenvalue weighted by atomic mass is 35.5. The fraction of sp³-hybridized carbons (Fsp3) is 0.933. The third-order valence-corrected chi connectivity index (χ3v) is 5.00. The average Bonchev–Trinajstić information content (AvgIpc) is 2.74. The number of hydrogen-bond acceptors (Lipinski definition) is 2. The van der Waals surface area contributed by atoms with E-state index in [2.05, 4.69) is 6.92 Å². The number of carbonyl (C=O) groups is 1. The summed E-state index contributed by atoms with van der Waals surface area (Å²) >= 11 is 0. The average molecular weight is 289 g/mol. The van der Waals surface area contributed by atoms with Crippen molar-refractivity contribution in [1.82, 2.24) is 4.90 Å². The van der Waals surface area contributed by atoms with Crippen molar-refractivity contribution in [3.63, 3.8) is 0 Å². The van der Waals surface area contributed by atoms with Crippen LogP contribution in [0, 0.1) is 11.8 Å². The van der Waals surface area contributed by atoms with E-state index in [1.165, 1.54) is 32.1 Å². The second-order valence-electron chi connectivity index (χ2n) is 6.49. The van der Waals surface area contributed by atoms with E-state index in [9.17, 15) is 4.79 Å². The molecule has 0 bridgehead atoms. The van der Waals surface area contributed by atoms with Gasteiger partial charge in [-0.25, -0.2) is 0 Å². The van der Waals surface area contributed by atoms with Crippen molar-refractivity contribution in [2.24, 2.45) is 17.6 Å². The van der Waals surface area contributed by atoms with Gasteiger partial charge in [0, 0.05) is 25.6 Å². The van der Waals surface area contributed by atoms with E-state index in [0.29, 0.717) is 24.3 Å². The van der Waals surface area contributed by atoms with E-state index in [0.717, 1.165) is 18.8 Å². The Morgan fingerprint density at radius 1 is 1.21 bits per heavy atom. The van der Waals surface area contributed by atoms with E-state index < -0.39 is 0 Å². The van der Waals surface area contributed by atoms with Gasteiger partial charge in [-0.15, -0.1) is 12.4 Å². The van der Waals surface area contributed by atoms with Gasteiger partial charge in [-0.05, 0) is 37.5 Å². The maximum Gasteiger partial charge on any atom is 0.222 e. The summed E-state index contributed by atoms with van der Waals surface area (Å²) < 4.78 is 0. The van der Waals surface area contributed by atoms with Crippen molar-refractivity contribution in [1.29, 1.82) is 0 Å².